The standard InChI is InChI=1S/C12H21N3S/c1-8(2)15-5-4-10-11(7-15)16-12(14-10)6-9(3)13/h8-9H,4-7,13H2,1-3H3. The number of aromatic nitrogens is 1. The number of rotatable bonds is 3. The summed E-state index contributed by atoms with van der Waals surface area (Å²) in [4.78, 5) is 8.66. The highest BCUT2D eigenvalue weighted by atomic mass is 32.1. The summed E-state index contributed by atoms with van der Waals surface area (Å²) in [6, 6.07) is 0.848. The van der Waals surface area contributed by atoms with Crippen LogP contribution in [0, 0.1) is 0 Å². The normalized spacial score (nSPS) is 18.8. The van der Waals surface area contributed by atoms with E-state index >= 15 is 0 Å². The summed E-state index contributed by atoms with van der Waals surface area (Å²) in [5, 5.41) is 1.21. The Balaban J connectivity index is 2.10. The monoisotopic (exact) mass is 239 g/mol. The lowest BCUT2D eigenvalue weighted by Gasteiger charge is -2.29. The van der Waals surface area contributed by atoms with Gasteiger partial charge in [0.05, 0.1) is 10.7 Å². The molecule has 3 nitrogen and oxygen atoms in total. The second kappa shape index (κ2) is 4.82. The summed E-state index contributed by atoms with van der Waals surface area (Å²) in [6.07, 6.45) is 2.02. The highest BCUT2D eigenvalue weighted by molar-refractivity contribution is 7.11. The molecule has 0 aliphatic carbocycles. The molecular formula is C12H21N3S. The number of hydrogen-bond acceptors (Lipinski definition) is 4. The van der Waals surface area contributed by atoms with E-state index in [1.165, 1.54) is 15.6 Å². The van der Waals surface area contributed by atoms with E-state index in [0.717, 1.165) is 25.9 Å². The maximum atomic E-state index is 5.81. The molecule has 1 aliphatic rings. The zero-order chi connectivity index (χ0) is 11.7. The van der Waals surface area contributed by atoms with Crippen LogP contribution < -0.4 is 5.73 Å². The predicted molar refractivity (Wildman–Crippen MR) is 68.7 cm³/mol. The van der Waals surface area contributed by atoms with Crippen molar-refractivity contribution in [2.45, 2.75) is 52.2 Å². The van der Waals surface area contributed by atoms with Crippen LogP contribution in [0.5, 0.6) is 0 Å². The number of nitrogens with zero attached hydrogens (tertiary/aromatic N) is 2. The maximum Gasteiger partial charge on any atom is 0.0946 e. The summed E-state index contributed by atoms with van der Waals surface area (Å²) in [5.74, 6) is 0. The minimum absolute atomic E-state index is 0.216. The van der Waals surface area contributed by atoms with Gasteiger partial charge in [0, 0.05) is 42.9 Å². The van der Waals surface area contributed by atoms with Crippen molar-refractivity contribution in [3.05, 3.63) is 15.6 Å². The van der Waals surface area contributed by atoms with Crippen LogP contribution in [0.2, 0.25) is 0 Å². The first-order valence-electron chi connectivity index (χ1n) is 6.03. The molecule has 1 aliphatic heterocycles. The van der Waals surface area contributed by atoms with Crippen molar-refractivity contribution in [3.8, 4) is 0 Å². The third kappa shape index (κ3) is 2.62. The van der Waals surface area contributed by atoms with E-state index in [0.29, 0.717) is 6.04 Å². The summed E-state index contributed by atoms with van der Waals surface area (Å²) in [5.41, 5.74) is 7.13. The third-order valence-electron chi connectivity index (χ3n) is 3.03. The van der Waals surface area contributed by atoms with Crippen molar-refractivity contribution in [1.29, 1.82) is 0 Å². The zero-order valence-corrected chi connectivity index (χ0v) is 11.2. The average molecular weight is 239 g/mol. The van der Waals surface area contributed by atoms with Crippen LogP contribution >= 0.6 is 11.3 Å². The molecule has 1 unspecified atom stereocenters. The van der Waals surface area contributed by atoms with Crippen molar-refractivity contribution in [1.82, 2.24) is 9.88 Å². The third-order valence-corrected chi connectivity index (χ3v) is 4.14. The molecule has 0 saturated heterocycles. The molecule has 0 amide bonds. The van der Waals surface area contributed by atoms with Gasteiger partial charge >= 0.3 is 0 Å². The molecule has 1 aromatic heterocycles. The fourth-order valence-electron chi connectivity index (χ4n) is 2.07. The van der Waals surface area contributed by atoms with Crippen molar-refractivity contribution in [2.75, 3.05) is 6.54 Å². The van der Waals surface area contributed by atoms with Crippen LogP contribution in [0.15, 0.2) is 0 Å². The Morgan fingerprint density at radius 3 is 2.81 bits per heavy atom. The van der Waals surface area contributed by atoms with Crippen molar-refractivity contribution >= 4 is 11.3 Å². The zero-order valence-electron chi connectivity index (χ0n) is 10.4. The lowest BCUT2D eigenvalue weighted by Crippen LogP contribution is -2.35. The molecule has 2 rings (SSSR count). The summed E-state index contributed by atoms with van der Waals surface area (Å²) in [6.45, 7) is 8.78. The number of hydrogen-bond donors (Lipinski definition) is 1. The summed E-state index contributed by atoms with van der Waals surface area (Å²) >= 11 is 1.85. The molecule has 90 valence electrons. The Morgan fingerprint density at radius 2 is 2.19 bits per heavy atom. The lowest BCUT2D eigenvalue weighted by molar-refractivity contribution is 0.205. The highest BCUT2D eigenvalue weighted by Gasteiger charge is 2.22. The average Bonchev–Trinajstić information content (AvgIpc) is 2.56. The molecule has 1 atom stereocenters. The Hall–Kier alpha value is -0.450. The molecule has 0 spiro atoms. The first-order valence-corrected chi connectivity index (χ1v) is 6.85. The van der Waals surface area contributed by atoms with Gasteiger partial charge in [-0.1, -0.05) is 0 Å². The minimum atomic E-state index is 0.216. The Labute approximate surface area is 102 Å². The van der Waals surface area contributed by atoms with Gasteiger partial charge in [0.15, 0.2) is 0 Å². The SMILES string of the molecule is CC(N)Cc1nc2c(s1)CN(C(C)C)CC2. The van der Waals surface area contributed by atoms with Gasteiger partial charge in [-0.25, -0.2) is 4.98 Å². The van der Waals surface area contributed by atoms with Gasteiger partial charge in [-0.2, -0.15) is 0 Å². The van der Waals surface area contributed by atoms with E-state index in [1.807, 2.05) is 18.3 Å². The van der Waals surface area contributed by atoms with Crippen LogP contribution in [0.3, 0.4) is 0 Å². The van der Waals surface area contributed by atoms with Crippen molar-refractivity contribution < 1.29 is 0 Å². The fraction of sp³-hybridized carbons (Fsp3) is 0.750. The second-order valence-electron chi connectivity index (χ2n) is 4.97. The van der Waals surface area contributed by atoms with E-state index < -0.39 is 0 Å². The predicted octanol–water partition coefficient (Wildman–Crippen LogP) is 1.80. The molecule has 4 heteroatoms. The highest BCUT2D eigenvalue weighted by Crippen LogP contribution is 2.26. The molecule has 2 N–H and O–H groups in total. The van der Waals surface area contributed by atoms with Gasteiger partial charge in [-0.3, -0.25) is 4.90 Å². The molecule has 0 bridgehead atoms. The van der Waals surface area contributed by atoms with E-state index in [2.05, 4.69) is 18.7 Å². The van der Waals surface area contributed by atoms with Gasteiger partial charge in [0.1, 0.15) is 0 Å². The van der Waals surface area contributed by atoms with E-state index in [1.54, 1.807) is 0 Å². The van der Waals surface area contributed by atoms with Gasteiger partial charge < -0.3 is 5.73 Å². The van der Waals surface area contributed by atoms with Crippen LogP contribution in [0.25, 0.3) is 0 Å². The maximum absolute atomic E-state index is 5.81. The van der Waals surface area contributed by atoms with Crippen LogP contribution in [0.4, 0.5) is 0 Å². The molecule has 0 fully saturated rings. The van der Waals surface area contributed by atoms with Gasteiger partial charge in [0.2, 0.25) is 0 Å². The topological polar surface area (TPSA) is 42.1 Å². The molecule has 2 heterocycles. The van der Waals surface area contributed by atoms with Gasteiger partial charge in [-0.15, -0.1) is 11.3 Å². The van der Waals surface area contributed by atoms with Crippen LogP contribution in [-0.2, 0) is 19.4 Å². The second-order valence-corrected chi connectivity index (χ2v) is 6.14. The Bertz CT molecular complexity index is 357. The Morgan fingerprint density at radius 1 is 1.44 bits per heavy atom. The minimum Gasteiger partial charge on any atom is -0.328 e. The molecule has 16 heavy (non-hydrogen) atoms. The first-order chi connectivity index (χ1) is 7.56. The fourth-order valence-corrected chi connectivity index (χ4v) is 3.35. The van der Waals surface area contributed by atoms with E-state index in [9.17, 15) is 0 Å². The largest absolute Gasteiger partial charge is 0.328 e. The number of nitrogens with two attached hydrogens (primary N) is 1. The Kier molecular flexibility index (Phi) is 3.62. The summed E-state index contributed by atoms with van der Waals surface area (Å²) < 4.78 is 0. The molecule has 0 radical (unpaired) electrons. The van der Waals surface area contributed by atoms with Crippen LogP contribution in [0.1, 0.15) is 36.3 Å². The smallest absolute Gasteiger partial charge is 0.0946 e. The van der Waals surface area contributed by atoms with Crippen molar-refractivity contribution in [2.24, 2.45) is 5.73 Å². The van der Waals surface area contributed by atoms with Gasteiger partial charge in [0.25, 0.3) is 0 Å². The quantitative estimate of drug-likeness (QED) is 0.874. The van der Waals surface area contributed by atoms with Crippen LogP contribution in [-0.4, -0.2) is 28.5 Å². The first kappa shape index (κ1) is 12.0. The molecular weight excluding hydrogens is 218 g/mol. The van der Waals surface area contributed by atoms with E-state index in [4.69, 9.17) is 10.7 Å². The lowest BCUT2D eigenvalue weighted by atomic mass is 10.1. The summed E-state index contributed by atoms with van der Waals surface area (Å²) in [7, 11) is 0. The van der Waals surface area contributed by atoms with Gasteiger partial charge in [-0.05, 0) is 20.8 Å². The number of thiazole rings is 1. The molecule has 0 saturated carbocycles. The van der Waals surface area contributed by atoms with Crippen molar-refractivity contribution in [3.63, 3.8) is 0 Å². The number of fused-ring (bicyclic) bond motifs is 1. The molecule has 0 aromatic carbocycles. The van der Waals surface area contributed by atoms with E-state index in [-0.39, 0.29) is 6.04 Å². The molecule has 1 aromatic rings.